The molecule has 8 nitrogen and oxygen atoms in total. The van der Waals surface area contributed by atoms with E-state index in [0.29, 0.717) is 6.54 Å². The number of nitrogen functional groups attached to an aromatic ring is 1. The van der Waals surface area contributed by atoms with E-state index in [0.717, 1.165) is 11.3 Å². The molecule has 0 saturated carbocycles. The van der Waals surface area contributed by atoms with Gasteiger partial charge < -0.3 is 15.8 Å². The quantitative estimate of drug-likeness (QED) is 0.198. The van der Waals surface area contributed by atoms with Crippen LogP contribution in [0.25, 0.3) is 0 Å². The highest BCUT2D eigenvalue weighted by Gasteiger charge is 2.36. The van der Waals surface area contributed by atoms with Gasteiger partial charge in [0.1, 0.15) is 12.4 Å². The molecule has 0 unspecified atom stereocenters. The van der Waals surface area contributed by atoms with E-state index in [4.69, 9.17) is 10.5 Å². The number of nitrogens with two attached hydrogens (primary N) is 1. The summed E-state index contributed by atoms with van der Waals surface area (Å²) in [5.74, 6) is -0.877. The Morgan fingerprint density at radius 3 is 2.08 bits per heavy atom. The second-order valence-corrected chi connectivity index (χ2v) is 10.5. The Kier molecular flexibility index (Phi) is 6.61. The number of anilines is 3. The zero-order valence-corrected chi connectivity index (χ0v) is 21.3. The first-order chi connectivity index (χ1) is 18.3. The fourth-order valence-corrected chi connectivity index (χ4v) is 5.39. The number of hydrogen-bond donors (Lipinski definition) is 3. The number of fused-ring (bicyclic) bond motifs is 2. The lowest BCUT2D eigenvalue weighted by Crippen LogP contribution is -2.26. The summed E-state index contributed by atoms with van der Waals surface area (Å²) in [4.78, 5) is 27.0. The van der Waals surface area contributed by atoms with Crippen molar-refractivity contribution < 1.29 is 22.7 Å². The van der Waals surface area contributed by atoms with Gasteiger partial charge in [-0.3, -0.25) is 14.3 Å². The number of aryl methyl sites for hydroxylation is 1. The Morgan fingerprint density at radius 2 is 1.42 bits per heavy atom. The van der Waals surface area contributed by atoms with Gasteiger partial charge in [-0.1, -0.05) is 60.2 Å². The molecule has 4 aromatic carbocycles. The molecule has 0 radical (unpaired) electrons. The maximum atomic E-state index is 13.5. The van der Waals surface area contributed by atoms with E-state index in [-0.39, 0.29) is 50.9 Å². The van der Waals surface area contributed by atoms with E-state index in [2.05, 4.69) is 10.0 Å². The molecule has 9 heteroatoms. The molecule has 5 rings (SSSR count). The summed E-state index contributed by atoms with van der Waals surface area (Å²) in [6, 6.07) is 23.6. The Hall–Kier alpha value is -4.63. The summed E-state index contributed by atoms with van der Waals surface area (Å²) in [6.45, 7) is 2.43. The molecule has 4 N–H and O–H groups in total. The van der Waals surface area contributed by atoms with Crippen molar-refractivity contribution in [3.63, 3.8) is 0 Å². The molecule has 0 fully saturated rings. The van der Waals surface area contributed by atoms with Crippen LogP contribution in [0.3, 0.4) is 0 Å². The summed E-state index contributed by atoms with van der Waals surface area (Å²) in [5, 5.41) is 3.21. The molecule has 0 heterocycles. The van der Waals surface area contributed by atoms with Crippen LogP contribution >= 0.6 is 0 Å². The molecular formula is C29H25N3O5S. The topological polar surface area (TPSA) is 128 Å². The third kappa shape index (κ3) is 4.71. The van der Waals surface area contributed by atoms with Gasteiger partial charge in [-0.2, -0.15) is 0 Å². The maximum Gasteiger partial charge on any atom is 0.261 e. The molecule has 0 atom stereocenters. The molecule has 1 aliphatic rings. The lowest BCUT2D eigenvalue weighted by Gasteiger charge is -2.24. The largest absolute Gasteiger partial charge is 0.489 e. The van der Waals surface area contributed by atoms with Crippen LogP contribution in [0.5, 0.6) is 5.75 Å². The van der Waals surface area contributed by atoms with Crippen molar-refractivity contribution >= 4 is 38.7 Å². The highest BCUT2D eigenvalue weighted by Crippen LogP contribution is 2.41. The van der Waals surface area contributed by atoms with Crippen LogP contribution in [-0.4, -0.2) is 33.1 Å². The zero-order chi connectivity index (χ0) is 26.9. The maximum absolute atomic E-state index is 13.5. The Morgan fingerprint density at radius 1 is 0.816 bits per heavy atom. The van der Waals surface area contributed by atoms with Gasteiger partial charge in [0.15, 0.2) is 11.6 Å². The van der Waals surface area contributed by atoms with Crippen molar-refractivity contribution in [2.45, 2.75) is 11.8 Å². The van der Waals surface area contributed by atoms with Crippen LogP contribution in [-0.2, 0) is 10.0 Å². The number of carbonyl (C=O) groups is 2. The van der Waals surface area contributed by atoms with Gasteiger partial charge in [0.25, 0.3) is 10.0 Å². The second-order valence-electron chi connectivity index (χ2n) is 8.85. The molecule has 0 aliphatic heterocycles. The summed E-state index contributed by atoms with van der Waals surface area (Å²) >= 11 is 0. The lowest BCUT2D eigenvalue weighted by atomic mass is 9.82. The predicted octanol–water partition coefficient (Wildman–Crippen LogP) is 4.64. The minimum atomic E-state index is -4.09. The molecule has 0 saturated heterocycles. The fraction of sp³-hybridized carbons (Fsp3) is 0.103. The number of hydrogen-bond acceptors (Lipinski definition) is 7. The van der Waals surface area contributed by atoms with E-state index in [1.165, 1.54) is 24.3 Å². The minimum Gasteiger partial charge on any atom is -0.489 e. The van der Waals surface area contributed by atoms with Crippen molar-refractivity contribution in [3.05, 3.63) is 113 Å². The number of ketones is 2. The average Bonchev–Trinajstić information content (AvgIpc) is 2.92. The lowest BCUT2D eigenvalue weighted by molar-refractivity contribution is 0.0980. The van der Waals surface area contributed by atoms with Crippen LogP contribution in [0.2, 0.25) is 0 Å². The zero-order valence-electron chi connectivity index (χ0n) is 20.5. The Labute approximate surface area is 220 Å². The van der Waals surface area contributed by atoms with Crippen molar-refractivity contribution in [2.24, 2.45) is 0 Å². The van der Waals surface area contributed by atoms with Crippen LogP contribution in [0.4, 0.5) is 17.1 Å². The second kappa shape index (κ2) is 10.0. The van der Waals surface area contributed by atoms with Gasteiger partial charge in [0.05, 0.1) is 27.4 Å². The number of benzene rings is 4. The number of nitrogens with one attached hydrogen (secondary N) is 2. The van der Waals surface area contributed by atoms with Crippen molar-refractivity contribution in [2.75, 3.05) is 28.9 Å². The monoisotopic (exact) mass is 527 g/mol. The molecule has 0 aromatic heterocycles. The highest BCUT2D eigenvalue weighted by atomic mass is 32.2. The first-order valence-electron chi connectivity index (χ1n) is 11.9. The van der Waals surface area contributed by atoms with Gasteiger partial charge in [0.2, 0.25) is 0 Å². The SMILES string of the molecule is Cc1ccc(S(=O)(=O)Nc2cc(OCCNc3ccccc3)c(N)c3c2C(=O)c2ccccc2C3=O)cc1. The van der Waals surface area contributed by atoms with Gasteiger partial charge in [0, 0.05) is 29.4 Å². The fourth-order valence-electron chi connectivity index (χ4n) is 4.33. The van der Waals surface area contributed by atoms with Gasteiger partial charge in [-0.05, 0) is 31.2 Å². The molecule has 0 spiro atoms. The van der Waals surface area contributed by atoms with E-state index < -0.39 is 21.6 Å². The average molecular weight is 528 g/mol. The molecule has 192 valence electrons. The summed E-state index contributed by atoms with van der Waals surface area (Å²) in [7, 11) is -4.09. The van der Waals surface area contributed by atoms with Crippen LogP contribution in [0, 0.1) is 6.92 Å². The number of carbonyl (C=O) groups excluding carboxylic acids is 2. The number of para-hydroxylation sites is 1. The number of rotatable bonds is 8. The molecule has 4 aromatic rings. The molecule has 0 bridgehead atoms. The van der Waals surface area contributed by atoms with E-state index in [1.54, 1.807) is 30.3 Å². The van der Waals surface area contributed by atoms with Crippen LogP contribution in [0.1, 0.15) is 37.4 Å². The molecule has 0 amide bonds. The standard InChI is InChI=1S/C29H25N3O5S/c1-18-11-13-20(14-12-18)38(35,36)32-23-17-24(37-16-15-31-19-7-3-2-4-8-19)27(30)26-25(23)28(33)21-9-5-6-10-22(21)29(26)34/h2-14,17,31-32H,15-16,30H2,1H3. The van der Waals surface area contributed by atoms with Crippen molar-refractivity contribution in [3.8, 4) is 5.75 Å². The van der Waals surface area contributed by atoms with Gasteiger partial charge in [-0.15, -0.1) is 0 Å². The van der Waals surface area contributed by atoms with E-state index >= 15 is 0 Å². The smallest absolute Gasteiger partial charge is 0.261 e. The van der Waals surface area contributed by atoms with Crippen LogP contribution < -0.4 is 20.5 Å². The predicted molar refractivity (Wildman–Crippen MR) is 147 cm³/mol. The van der Waals surface area contributed by atoms with E-state index in [9.17, 15) is 18.0 Å². The first kappa shape index (κ1) is 25.0. The number of sulfonamides is 1. The van der Waals surface area contributed by atoms with E-state index in [1.807, 2.05) is 37.3 Å². The number of ether oxygens (including phenoxy) is 1. The van der Waals surface area contributed by atoms with Crippen molar-refractivity contribution in [1.29, 1.82) is 0 Å². The van der Waals surface area contributed by atoms with Gasteiger partial charge >= 0.3 is 0 Å². The van der Waals surface area contributed by atoms with Crippen LogP contribution in [0.15, 0.2) is 89.8 Å². The Balaban J connectivity index is 1.54. The minimum absolute atomic E-state index is 0.0122. The Bertz CT molecular complexity index is 1650. The first-order valence-corrected chi connectivity index (χ1v) is 13.4. The van der Waals surface area contributed by atoms with Crippen molar-refractivity contribution in [1.82, 2.24) is 0 Å². The third-order valence-electron chi connectivity index (χ3n) is 6.24. The summed E-state index contributed by atoms with van der Waals surface area (Å²) in [5.41, 5.74) is 8.27. The van der Waals surface area contributed by atoms with Gasteiger partial charge in [-0.25, -0.2) is 8.42 Å². The highest BCUT2D eigenvalue weighted by molar-refractivity contribution is 7.92. The molecule has 1 aliphatic carbocycles. The third-order valence-corrected chi connectivity index (χ3v) is 7.62. The molecule has 38 heavy (non-hydrogen) atoms. The summed E-state index contributed by atoms with van der Waals surface area (Å²) < 4.78 is 34.9. The molecular weight excluding hydrogens is 502 g/mol. The normalized spacial score (nSPS) is 12.4. The summed E-state index contributed by atoms with van der Waals surface area (Å²) in [6.07, 6.45) is 0.